The summed E-state index contributed by atoms with van der Waals surface area (Å²) in [5.74, 6) is -0.710. The van der Waals surface area contributed by atoms with Gasteiger partial charge in [0.25, 0.3) is 0 Å². The number of sulfonamides is 1. The van der Waals surface area contributed by atoms with E-state index in [4.69, 9.17) is 9.47 Å². The van der Waals surface area contributed by atoms with E-state index in [1.165, 1.54) is 16.4 Å². The molecule has 1 heterocycles. The topological polar surface area (TPSA) is 93.1 Å². The van der Waals surface area contributed by atoms with Crippen LogP contribution in [0.1, 0.15) is 10.4 Å². The van der Waals surface area contributed by atoms with E-state index in [-0.39, 0.29) is 29.3 Å². The molecule has 0 atom stereocenters. The highest BCUT2D eigenvalue weighted by Gasteiger charge is 2.28. The molecule has 0 bridgehead atoms. The van der Waals surface area contributed by atoms with E-state index in [1.54, 1.807) is 24.3 Å². The van der Waals surface area contributed by atoms with Crippen molar-refractivity contribution < 1.29 is 27.8 Å². The number of nitrogens with zero attached hydrogens (tertiary/aromatic N) is 1. The standard InChI is InChI=1S/C17H17NO6S/c19-17(20)15-12-14(25(21,22)18-8-10-23-11-9-18)6-7-16(15)24-13-4-2-1-3-5-13/h1-7,12H,8-11H2,(H,19,20). The van der Waals surface area contributed by atoms with Crippen LogP contribution in [0.3, 0.4) is 0 Å². The number of ether oxygens (including phenoxy) is 2. The fraction of sp³-hybridized carbons (Fsp3) is 0.235. The highest BCUT2D eigenvalue weighted by molar-refractivity contribution is 7.89. The van der Waals surface area contributed by atoms with Crippen molar-refractivity contribution in [2.45, 2.75) is 4.90 Å². The smallest absolute Gasteiger partial charge is 0.339 e. The van der Waals surface area contributed by atoms with Crippen molar-refractivity contribution in [3.8, 4) is 11.5 Å². The molecular formula is C17H17NO6S. The van der Waals surface area contributed by atoms with Crippen LogP contribution in [0.4, 0.5) is 0 Å². The van der Waals surface area contributed by atoms with Gasteiger partial charge in [0, 0.05) is 13.1 Å². The van der Waals surface area contributed by atoms with Gasteiger partial charge in [-0.05, 0) is 30.3 Å². The van der Waals surface area contributed by atoms with Crippen molar-refractivity contribution in [3.63, 3.8) is 0 Å². The second kappa shape index (κ2) is 7.22. The second-order valence-electron chi connectivity index (χ2n) is 5.39. The highest BCUT2D eigenvalue weighted by Crippen LogP contribution is 2.29. The maximum Gasteiger partial charge on any atom is 0.339 e. The van der Waals surface area contributed by atoms with Crippen molar-refractivity contribution in [1.82, 2.24) is 4.31 Å². The number of para-hydroxylation sites is 1. The number of hydrogen-bond acceptors (Lipinski definition) is 5. The Hall–Kier alpha value is -2.42. The molecule has 132 valence electrons. The Morgan fingerprint density at radius 2 is 1.76 bits per heavy atom. The summed E-state index contributed by atoms with van der Waals surface area (Å²) in [5, 5.41) is 9.44. The number of hydrogen-bond donors (Lipinski definition) is 1. The predicted molar refractivity (Wildman–Crippen MR) is 89.5 cm³/mol. The summed E-state index contributed by atoms with van der Waals surface area (Å²) < 4.78 is 37.4. The van der Waals surface area contributed by atoms with Crippen LogP contribution in [-0.4, -0.2) is 50.1 Å². The molecule has 8 heteroatoms. The molecule has 0 aliphatic carbocycles. The zero-order chi connectivity index (χ0) is 17.9. The molecule has 1 saturated heterocycles. The quantitative estimate of drug-likeness (QED) is 0.875. The number of carboxylic acid groups (broad SMARTS) is 1. The van der Waals surface area contributed by atoms with E-state index >= 15 is 0 Å². The molecular weight excluding hydrogens is 346 g/mol. The van der Waals surface area contributed by atoms with E-state index in [9.17, 15) is 18.3 Å². The molecule has 1 aliphatic rings. The van der Waals surface area contributed by atoms with Crippen molar-refractivity contribution in [3.05, 3.63) is 54.1 Å². The summed E-state index contributed by atoms with van der Waals surface area (Å²) in [6.07, 6.45) is 0. The van der Waals surface area contributed by atoms with Crippen LogP contribution in [-0.2, 0) is 14.8 Å². The lowest BCUT2D eigenvalue weighted by molar-refractivity contribution is 0.0693. The molecule has 0 spiro atoms. The molecule has 0 saturated carbocycles. The van der Waals surface area contributed by atoms with Gasteiger partial charge in [-0.1, -0.05) is 18.2 Å². The summed E-state index contributed by atoms with van der Waals surface area (Å²) in [5.41, 5.74) is -0.210. The largest absolute Gasteiger partial charge is 0.478 e. The van der Waals surface area contributed by atoms with Crippen LogP contribution >= 0.6 is 0 Å². The number of carbonyl (C=O) groups is 1. The van der Waals surface area contributed by atoms with Gasteiger partial charge in [-0.25, -0.2) is 13.2 Å². The van der Waals surface area contributed by atoms with E-state index in [2.05, 4.69) is 0 Å². The van der Waals surface area contributed by atoms with Gasteiger partial charge in [0.05, 0.1) is 18.1 Å². The maximum absolute atomic E-state index is 12.7. The molecule has 1 fully saturated rings. The minimum Gasteiger partial charge on any atom is -0.478 e. The first-order valence-corrected chi connectivity index (χ1v) is 9.10. The zero-order valence-corrected chi connectivity index (χ0v) is 14.1. The summed E-state index contributed by atoms with van der Waals surface area (Å²) in [6, 6.07) is 12.5. The number of benzene rings is 2. The molecule has 0 amide bonds. The Morgan fingerprint density at radius 1 is 1.08 bits per heavy atom. The van der Waals surface area contributed by atoms with Crippen molar-refractivity contribution in [2.75, 3.05) is 26.3 Å². The molecule has 3 rings (SSSR count). The van der Waals surface area contributed by atoms with Crippen LogP contribution in [0.5, 0.6) is 11.5 Å². The Morgan fingerprint density at radius 3 is 2.40 bits per heavy atom. The van der Waals surface area contributed by atoms with Crippen LogP contribution in [0, 0.1) is 0 Å². The molecule has 0 radical (unpaired) electrons. The second-order valence-corrected chi connectivity index (χ2v) is 7.33. The predicted octanol–water partition coefficient (Wildman–Crippen LogP) is 2.20. The summed E-state index contributed by atoms with van der Waals surface area (Å²) in [7, 11) is -3.77. The van der Waals surface area contributed by atoms with Gasteiger partial charge in [-0.2, -0.15) is 4.31 Å². The number of aromatic carboxylic acids is 1. The molecule has 25 heavy (non-hydrogen) atoms. The molecule has 2 aromatic rings. The van der Waals surface area contributed by atoms with Gasteiger partial charge in [-0.15, -0.1) is 0 Å². The monoisotopic (exact) mass is 363 g/mol. The molecule has 1 aliphatic heterocycles. The summed E-state index contributed by atoms with van der Waals surface area (Å²) in [6.45, 7) is 1.13. The normalized spacial score (nSPS) is 15.7. The van der Waals surface area contributed by atoms with Crippen LogP contribution in [0.2, 0.25) is 0 Å². The van der Waals surface area contributed by atoms with Crippen molar-refractivity contribution >= 4 is 16.0 Å². The van der Waals surface area contributed by atoms with Gasteiger partial charge in [-0.3, -0.25) is 0 Å². The Bertz CT molecular complexity index is 860. The summed E-state index contributed by atoms with van der Waals surface area (Å²) in [4.78, 5) is 11.5. The fourth-order valence-electron chi connectivity index (χ4n) is 2.48. The van der Waals surface area contributed by atoms with E-state index < -0.39 is 16.0 Å². The van der Waals surface area contributed by atoms with Gasteiger partial charge < -0.3 is 14.6 Å². The average Bonchev–Trinajstić information content (AvgIpc) is 2.63. The Balaban J connectivity index is 1.95. The first-order valence-electron chi connectivity index (χ1n) is 7.66. The molecule has 0 aromatic heterocycles. The molecule has 7 nitrogen and oxygen atoms in total. The van der Waals surface area contributed by atoms with Gasteiger partial charge >= 0.3 is 5.97 Å². The lowest BCUT2D eigenvalue weighted by Gasteiger charge is -2.26. The van der Waals surface area contributed by atoms with Gasteiger partial charge in [0.15, 0.2) is 0 Å². The van der Waals surface area contributed by atoms with E-state index in [0.29, 0.717) is 19.0 Å². The average molecular weight is 363 g/mol. The first-order chi connectivity index (χ1) is 12.0. The highest BCUT2D eigenvalue weighted by atomic mass is 32.2. The van der Waals surface area contributed by atoms with Crippen LogP contribution in [0.25, 0.3) is 0 Å². The van der Waals surface area contributed by atoms with Crippen molar-refractivity contribution in [1.29, 1.82) is 0 Å². The molecule has 0 unspecified atom stereocenters. The fourth-order valence-corrected chi connectivity index (χ4v) is 3.91. The van der Waals surface area contributed by atoms with Crippen LogP contribution < -0.4 is 4.74 Å². The molecule has 1 N–H and O–H groups in total. The van der Waals surface area contributed by atoms with Gasteiger partial charge in [0.2, 0.25) is 10.0 Å². The SMILES string of the molecule is O=C(O)c1cc(S(=O)(=O)N2CCOCC2)ccc1Oc1ccccc1. The Kier molecular flexibility index (Phi) is 5.03. The lowest BCUT2D eigenvalue weighted by atomic mass is 10.2. The lowest BCUT2D eigenvalue weighted by Crippen LogP contribution is -2.40. The number of carboxylic acids is 1. The van der Waals surface area contributed by atoms with E-state index in [0.717, 1.165) is 6.07 Å². The van der Waals surface area contributed by atoms with Crippen molar-refractivity contribution in [2.24, 2.45) is 0 Å². The zero-order valence-electron chi connectivity index (χ0n) is 13.3. The third-order valence-electron chi connectivity index (χ3n) is 3.76. The number of morpholine rings is 1. The number of rotatable bonds is 5. The molecule has 2 aromatic carbocycles. The van der Waals surface area contributed by atoms with E-state index in [1.807, 2.05) is 6.07 Å². The minimum absolute atomic E-state index is 0.0767. The Labute approximate surface area is 145 Å². The maximum atomic E-state index is 12.7. The van der Waals surface area contributed by atoms with Crippen LogP contribution in [0.15, 0.2) is 53.4 Å². The third-order valence-corrected chi connectivity index (χ3v) is 5.65. The van der Waals surface area contributed by atoms with Gasteiger partial charge in [0.1, 0.15) is 17.1 Å². The summed E-state index contributed by atoms with van der Waals surface area (Å²) >= 11 is 0. The first kappa shape index (κ1) is 17.4. The third kappa shape index (κ3) is 3.81. The minimum atomic E-state index is -3.77.